The number of imidazole rings is 2. The summed E-state index contributed by atoms with van der Waals surface area (Å²) in [6.45, 7) is -0.727. The van der Waals surface area contributed by atoms with E-state index in [0.29, 0.717) is 11.4 Å². The second-order valence-electron chi connectivity index (χ2n) is 4.33. The van der Waals surface area contributed by atoms with Crippen molar-refractivity contribution in [3.05, 3.63) is 48.6 Å². The number of aliphatic hydroxyl groups is 2. The summed E-state index contributed by atoms with van der Waals surface area (Å²) in [5, 5.41) is 43.4. The number of hydrogen-bond donors (Lipinski definition) is 5. The number of carbonyl (C=O) groups excluding carboxylic acids is 2. The molecule has 2 aromatic heterocycles. The Balaban J connectivity index is 0. The molecule has 2 rings (SSSR count). The van der Waals surface area contributed by atoms with Crippen LogP contribution in [0.15, 0.2) is 37.2 Å². The third-order valence-electron chi connectivity index (χ3n) is 2.28. The maximum absolute atomic E-state index is 9.86. The molecule has 5 N–H and O–H groups in total. The predicted octanol–water partition coefficient (Wildman–Crippen LogP) is -3.61. The third-order valence-corrected chi connectivity index (χ3v) is 2.28. The number of aliphatic hydroxyl groups excluding tert-OH is 2. The molecule has 1 unspecified atom stereocenters. The molecule has 0 saturated carbocycles. The van der Waals surface area contributed by atoms with Gasteiger partial charge in [0.2, 0.25) is 0 Å². The summed E-state index contributed by atoms with van der Waals surface area (Å²) < 4.78 is 0. The molecular formula is C15H16N4O8Se. The number of nitrogens with zero attached hydrogens (tertiary/aromatic N) is 2. The second-order valence-corrected chi connectivity index (χ2v) is 4.33. The fraction of sp³-hybridized carbons (Fsp3) is 0.133. The summed E-state index contributed by atoms with van der Waals surface area (Å²) in [5.41, 5.74) is 1.15. The normalized spacial score (nSPS) is 10.8. The van der Waals surface area contributed by atoms with Crippen molar-refractivity contribution in [1.29, 1.82) is 0 Å². The van der Waals surface area contributed by atoms with Crippen LogP contribution in [0, 0.1) is 0 Å². The average Bonchev–Trinajstić information content (AvgIpc) is 3.32. The van der Waals surface area contributed by atoms with Gasteiger partial charge in [-0.1, -0.05) is 0 Å². The van der Waals surface area contributed by atoms with Gasteiger partial charge < -0.3 is 45.1 Å². The largest absolute Gasteiger partial charge is 2.00 e. The van der Waals surface area contributed by atoms with E-state index in [9.17, 15) is 24.6 Å². The molecule has 0 aliphatic carbocycles. The number of carboxylic acid groups (broad SMARTS) is 3. The number of hydrogen-bond acceptors (Lipinski definition) is 9. The van der Waals surface area contributed by atoms with Crippen molar-refractivity contribution in [2.75, 3.05) is 6.61 Å². The fourth-order valence-corrected chi connectivity index (χ4v) is 1.11. The Morgan fingerprint density at radius 1 is 1.00 bits per heavy atom. The molecule has 1 atom stereocenters. The Hall–Kier alpha value is -3.25. The van der Waals surface area contributed by atoms with Gasteiger partial charge in [-0.2, -0.15) is 0 Å². The molecule has 2 aromatic rings. The van der Waals surface area contributed by atoms with E-state index in [4.69, 9.17) is 15.3 Å². The number of aliphatic carboxylic acids is 3. The molecular weight excluding hydrogens is 443 g/mol. The second kappa shape index (κ2) is 16.0. The summed E-state index contributed by atoms with van der Waals surface area (Å²) in [6, 6.07) is 0. The summed E-state index contributed by atoms with van der Waals surface area (Å²) in [4.78, 5) is 42.1. The van der Waals surface area contributed by atoms with Crippen LogP contribution in [0.3, 0.4) is 0 Å². The molecule has 0 aliphatic heterocycles. The SMILES string of the molecule is O=C(O)C(O)CO.O=C([O-])C=Cc1c[nH]cn1.O=C([O-])C=Cc1c[nH]cn1.[Se+2]. The molecule has 13 heteroatoms. The number of H-pyrrole nitrogens is 2. The van der Waals surface area contributed by atoms with Gasteiger partial charge in [0.25, 0.3) is 0 Å². The van der Waals surface area contributed by atoms with Crippen LogP contribution in [0.25, 0.3) is 12.2 Å². The van der Waals surface area contributed by atoms with E-state index in [0.717, 1.165) is 12.2 Å². The average molecular weight is 459 g/mol. The molecule has 0 amide bonds. The molecule has 28 heavy (non-hydrogen) atoms. The van der Waals surface area contributed by atoms with Crippen molar-refractivity contribution in [3.8, 4) is 0 Å². The van der Waals surface area contributed by atoms with Gasteiger partial charge in [-0.3, -0.25) is 0 Å². The van der Waals surface area contributed by atoms with E-state index in [-0.39, 0.29) is 17.1 Å². The molecule has 0 saturated heterocycles. The zero-order valence-electron chi connectivity index (χ0n) is 14.1. The molecule has 150 valence electrons. The quantitative estimate of drug-likeness (QED) is 0.211. The monoisotopic (exact) mass is 460 g/mol. The first kappa shape index (κ1) is 27.0. The van der Waals surface area contributed by atoms with E-state index < -0.39 is 30.6 Å². The number of carboxylic acids is 3. The smallest absolute Gasteiger partial charge is 0.545 e. The van der Waals surface area contributed by atoms with Crippen LogP contribution < -0.4 is 10.2 Å². The minimum Gasteiger partial charge on any atom is -0.545 e. The Kier molecular flexibility index (Phi) is 15.4. The summed E-state index contributed by atoms with van der Waals surface area (Å²) in [7, 11) is 0. The molecule has 0 aliphatic rings. The molecule has 12 nitrogen and oxygen atoms in total. The molecule has 4 radical (unpaired) electrons. The van der Waals surface area contributed by atoms with Gasteiger partial charge in [0.05, 0.1) is 42.6 Å². The van der Waals surface area contributed by atoms with Crippen LogP contribution in [0.1, 0.15) is 11.4 Å². The third kappa shape index (κ3) is 15.0. The van der Waals surface area contributed by atoms with Gasteiger partial charge >= 0.3 is 23.0 Å². The Bertz CT molecular complexity index is 690. The van der Waals surface area contributed by atoms with E-state index in [2.05, 4.69) is 19.9 Å². The summed E-state index contributed by atoms with van der Waals surface area (Å²) in [6.07, 6.45) is 9.03. The van der Waals surface area contributed by atoms with E-state index in [1.807, 2.05) is 0 Å². The standard InChI is InChI=1S/2C6H6N2O2.C3H6O4.Se/c2*9-6(10)2-1-5-3-7-4-8-5;4-1-2(5)3(6)7;/h2*1-4H,(H,7,8)(H,9,10);2,4-5H,1H2,(H,6,7);/q;;;+2/p-2. The fourth-order valence-electron chi connectivity index (χ4n) is 1.11. The molecule has 0 aromatic carbocycles. The van der Waals surface area contributed by atoms with Crippen molar-refractivity contribution in [1.82, 2.24) is 19.9 Å². The molecule has 0 fully saturated rings. The Morgan fingerprint density at radius 2 is 1.39 bits per heavy atom. The Morgan fingerprint density at radius 3 is 1.57 bits per heavy atom. The van der Waals surface area contributed by atoms with Crippen molar-refractivity contribution >= 4 is 47.1 Å². The number of aromatic amines is 2. The van der Waals surface area contributed by atoms with Crippen LogP contribution in [0.2, 0.25) is 0 Å². The van der Waals surface area contributed by atoms with Crippen LogP contribution in [-0.4, -0.2) is 82.9 Å². The maximum atomic E-state index is 9.86. The van der Waals surface area contributed by atoms with Gasteiger partial charge in [0.15, 0.2) is 6.10 Å². The minimum absolute atomic E-state index is 0. The summed E-state index contributed by atoms with van der Waals surface area (Å²) in [5.74, 6) is -3.84. The molecule has 0 bridgehead atoms. The zero-order chi connectivity index (χ0) is 20.7. The van der Waals surface area contributed by atoms with Crippen LogP contribution >= 0.6 is 0 Å². The van der Waals surface area contributed by atoms with Crippen molar-refractivity contribution in [3.63, 3.8) is 0 Å². The number of aromatic nitrogens is 4. The first-order chi connectivity index (χ1) is 12.8. The Labute approximate surface area is 168 Å². The van der Waals surface area contributed by atoms with E-state index in [1.165, 1.54) is 24.8 Å². The van der Waals surface area contributed by atoms with Gasteiger partial charge in [0.1, 0.15) is 0 Å². The van der Waals surface area contributed by atoms with E-state index >= 15 is 0 Å². The van der Waals surface area contributed by atoms with Crippen molar-refractivity contribution in [2.24, 2.45) is 0 Å². The zero-order valence-corrected chi connectivity index (χ0v) is 15.8. The first-order valence-corrected chi connectivity index (χ1v) is 7.03. The van der Waals surface area contributed by atoms with Crippen molar-refractivity contribution in [2.45, 2.75) is 6.10 Å². The van der Waals surface area contributed by atoms with Gasteiger partial charge in [-0.25, -0.2) is 14.8 Å². The topological polar surface area (TPSA) is 215 Å². The van der Waals surface area contributed by atoms with E-state index in [1.54, 1.807) is 12.4 Å². The van der Waals surface area contributed by atoms with Crippen LogP contribution in [0.5, 0.6) is 0 Å². The number of nitrogens with one attached hydrogen (secondary N) is 2. The maximum Gasteiger partial charge on any atom is 2.00 e. The molecule has 2 heterocycles. The number of rotatable bonds is 6. The predicted molar refractivity (Wildman–Crippen MR) is 91.7 cm³/mol. The number of carbonyl (C=O) groups is 3. The molecule has 0 spiro atoms. The van der Waals surface area contributed by atoms with Gasteiger partial charge in [-0.05, 0) is 24.3 Å². The minimum atomic E-state index is -1.63. The summed E-state index contributed by atoms with van der Waals surface area (Å²) >= 11 is 0. The first-order valence-electron chi connectivity index (χ1n) is 7.03. The van der Waals surface area contributed by atoms with Gasteiger partial charge in [-0.15, -0.1) is 0 Å². The van der Waals surface area contributed by atoms with Crippen LogP contribution in [0.4, 0.5) is 0 Å². The van der Waals surface area contributed by atoms with Crippen LogP contribution in [-0.2, 0) is 14.4 Å². The van der Waals surface area contributed by atoms with Crippen molar-refractivity contribution < 1.29 is 39.9 Å². The van der Waals surface area contributed by atoms with Gasteiger partial charge in [0, 0.05) is 12.4 Å².